The van der Waals surface area contributed by atoms with Gasteiger partial charge in [-0.15, -0.1) is 0 Å². The van der Waals surface area contributed by atoms with Crippen LogP contribution in [0, 0.1) is 0 Å². The number of hydrogen-bond acceptors (Lipinski definition) is 3. The normalized spacial score (nSPS) is 16.7. The van der Waals surface area contributed by atoms with Crippen molar-refractivity contribution in [1.29, 1.82) is 0 Å². The second-order valence-electron chi connectivity index (χ2n) is 5.45. The van der Waals surface area contributed by atoms with Gasteiger partial charge < -0.3 is 16.4 Å². The molecular weight excluding hydrogens is 254 g/mol. The number of rotatable bonds is 4. The Balaban J connectivity index is 1.92. The van der Waals surface area contributed by atoms with Gasteiger partial charge >= 0.3 is 0 Å². The maximum Gasteiger partial charge on any atom is 0.251 e. The van der Waals surface area contributed by atoms with E-state index in [1.54, 1.807) is 31.3 Å². The largest absolute Gasteiger partial charge is 0.355 e. The Morgan fingerprint density at radius 2 is 1.80 bits per heavy atom. The van der Waals surface area contributed by atoms with E-state index in [9.17, 15) is 9.59 Å². The number of hydrogen-bond donors (Lipinski definition) is 3. The number of nitrogens with two attached hydrogens (primary N) is 1. The predicted octanol–water partition coefficient (Wildman–Crippen LogP) is 1.65. The van der Waals surface area contributed by atoms with E-state index in [-0.39, 0.29) is 17.4 Å². The lowest BCUT2D eigenvalue weighted by Gasteiger charge is -2.22. The Kier molecular flexibility index (Phi) is 4.39. The van der Waals surface area contributed by atoms with Crippen LogP contribution in [0.3, 0.4) is 0 Å². The highest BCUT2D eigenvalue weighted by Crippen LogP contribution is 2.30. The lowest BCUT2D eigenvalue weighted by Crippen LogP contribution is -2.40. The molecule has 1 aromatic rings. The summed E-state index contributed by atoms with van der Waals surface area (Å²) in [4.78, 5) is 23.4. The van der Waals surface area contributed by atoms with Gasteiger partial charge in [-0.05, 0) is 37.1 Å². The van der Waals surface area contributed by atoms with E-state index in [4.69, 9.17) is 5.73 Å². The summed E-state index contributed by atoms with van der Waals surface area (Å²) < 4.78 is 0. The molecule has 5 heteroatoms. The lowest BCUT2D eigenvalue weighted by atomic mass is 9.94. The first-order chi connectivity index (χ1) is 9.52. The quantitative estimate of drug-likeness (QED) is 0.781. The molecule has 1 aromatic carbocycles. The van der Waals surface area contributed by atoms with E-state index in [1.807, 2.05) is 0 Å². The van der Waals surface area contributed by atoms with Crippen molar-refractivity contribution in [3.05, 3.63) is 29.8 Å². The van der Waals surface area contributed by atoms with Crippen LogP contribution in [0.15, 0.2) is 24.3 Å². The molecule has 0 bridgehead atoms. The van der Waals surface area contributed by atoms with Crippen LogP contribution in [0.1, 0.15) is 42.5 Å². The maximum absolute atomic E-state index is 12.0. The molecule has 1 fully saturated rings. The highest BCUT2D eigenvalue weighted by atomic mass is 16.2. The third kappa shape index (κ3) is 3.57. The molecule has 0 radical (unpaired) electrons. The van der Waals surface area contributed by atoms with E-state index in [0.717, 1.165) is 25.7 Å². The number of carbonyl (C=O) groups excluding carboxylic acids is 2. The summed E-state index contributed by atoms with van der Waals surface area (Å²) in [6.45, 7) is 0. The summed E-state index contributed by atoms with van der Waals surface area (Å²) in [7, 11) is 1.58. The Labute approximate surface area is 118 Å². The number of benzene rings is 1. The SMILES string of the molecule is CNC(=O)c1ccc(NC(=O)CC2(N)CCCC2)cc1. The smallest absolute Gasteiger partial charge is 0.251 e. The summed E-state index contributed by atoms with van der Waals surface area (Å²) in [6.07, 6.45) is 4.38. The van der Waals surface area contributed by atoms with Crippen LogP contribution in [0.25, 0.3) is 0 Å². The molecule has 1 aliphatic carbocycles. The fraction of sp³-hybridized carbons (Fsp3) is 0.467. The van der Waals surface area contributed by atoms with E-state index in [1.165, 1.54) is 0 Å². The molecule has 0 spiro atoms. The standard InChI is InChI=1S/C15H21N3O2/c1-17-14(20)11-4-6-12(7-5-11)18-13(19)10-15(16)8-2-3-9-15/h4-7H,2-3,8-10,16H2,1H3,(H,17,20)(H,18,19). The van der Waals surface area contributed by atoms with Crippen molar-refractivity contribution in [2.75, 3.05) is 12.4 Å². The van der Waals surface area contributed by atoms with Crippen LogP contribution in [-0.2, 0) is 4.79 Å². The Hall–Kier alpha value is -1.88. The molecule has 0 aliphatic heterocycles. The van der Waals surface area contributed by atoms with Crippen LogP contribution in [0.2, 0.25) is 0 Å². The third-order valence-electron chi connectivity index (χ3n) is 3.77. The average Bonchev–Trinajstić information content (AvgIpc) is 2.84. The summed E-state index contributed by atoms with van der Waals surface area (Å²) in [5.74, 6) is -0.211. The van der Waals surface area contributed by atoms with Crippen LogP contribution in [-0.4, -0.2) is 24.4 Å². The molecule has 0 atom stereocenters. The first-order valence-electron chi connectivity index (χ1n) is 6.93. The van der Waals surface area contributed by atoms with Gasteiger partial charge in [0.2, 0.25) is 5.91 Å². The fourth-order valence-corrected chi connectivity index (χ4v) is 2.63. The maximum atomic E-state index is 12.0. The van der Waals surface area contributed by atoms with Crippen LogP contribution in [0.5, 0.6) is 0 Å². The monoisotopic (exact) mass is 275 g/mol. The zero-order chi connectivity index (χ0) is 14.6. The van der Waals surface area contributed by atoms with Crippen LogP contribution >= 0.6 is 0 Å². The Bertz CT molecular complexity index is 490. The van der Waals surface area contributed by atoms with Gasteiger partial charge in [0.25, 0.3) is 5.91 Å². The van der Waals surface area contributed by atoms with Crippen molar-refractivity contribution in [3.63, 3.8) is 0 Å². The fourth-order valence-electron chi connectivity index (χ4n) is 2.63. The zero-order valence-corrected chi connectivity index (χ0v) is 11.7. The first-order valence-corrected chi connectivity index (χ1v) is 6.93. The molecule has 5 nitrogen and oxygen atoms in total. The van der Waals surface area contributed by atoms with Gasteiger partial charge in [0.1, 0.15) is 0 Å². The second kappa shape index (κ2) is 6.05. The zero-order valence-electron chi connectivity index (χ0n) is 11.7. The number of nitrogens with one attached hydrogen (secondary N) is 2. The van der Waals surface area contributed by atoms with E-state index in [2.05, 4.69) is 10.6 Å². The molecule has 2 amide bonds. The Morgan fingerprint density at radius 3 is 2.35 bits per heavy atom. The number of carbonyl (C=O) groups is 2. The molecule has 2 rings (SSSR count). The van der Waals surface area contributed by atoms with Gasteiger partial charge in [-0.25, -0.2) is 0 Å². The van der Waals surface area contributed by atoms with Gasteiger partial charge in [-0.2, -0.15) is 0 Å². The molecule has 4 N–H and O–H groups in total. The molecule has 0 saturated heterocycles. The highest BCUT2D eigenvalue weighted by Gasteiger charge is 2.31. The van der Waals surface area contributed by atoms with E-state index in [0.29, 0.717) is 17.7 Å². The molecule has 0 unspecified atom stereocenters. The minimum atomic E-state index is -0.341. The molecule has 20 heavy (non-hydrogen) atoms. The van der Waals surface area contributed by atoms with Crippen molar-refractivity contribution < 1.29 is 9.59 Å². The number of anilines is 1. The average molecular weight is 275 g/mol. The molecule has 108 valence electrons. The summed E-state index contributed by atoms with van der Waals surface area (Å²) >= 11 is 0. The minimum Gasteiger partial charge on any atom is -0.355 e. The van der Waals surface area contributed by atoms with Crippen molar-refractivity contribution in [3.8, 4) is 0 Å². The van der Waals surface area contributed by atoms with Gasteiger partial charge in [0, 0.05) is 30.3 Å². The van der Waals surface area contributed by atoms with Crippen molar-refractivity contribution in [2.24, 2.45) is 5.73 Å². The summed E-state index contributed by atoms with van der Waals surface area (Å²) in [6, 6.07) is 6.81. The van der Waals surface area contributed by atoms with E-state index >= 15 is 0 Å². The highest BCUT2D eigenvalue weighted by molar-refractivity contribution is 5.95. The molecule has 1 aliphatic rings. The molecule has 0 heterocycles. The molecular formula is C15H21N3O2. The van der Waals surface area contributed by atoms with Gasteiger partial charge in [-0.3, -0.25) is 9.59 Å². The first kappa shape index (κ1) is 14.5. The van der Waals surface area contributed by atoms with Gasteiger partial charge in [0.05, 0.1) is 0 Å². The van der Waals surface area contributed by atoms with Crippen molar-refractivity contribution >= 4 is 17.5 Å². The van der Waals surface area contributed by atoms with Crippen LogP contribution < -0.4 is 16.4 Å². The topological polar surface area (TPSA) is 84.2 Å². The molecule has 1 saturated carbocycles. The Morgan fingerprint density at radius 1 is 1.20 bits per heavy atom. The van der Waals surface area contributed by atoms with Gasteiger partial charge in [0.15, 0.2) is 0 Å². The van der Waals surface area contributed by atoms with E-state index < -0.39 is 0 Å². The number of amides is 2. The summed E-state index contributed by atoms with van der Waals surface area (Å²) in [5.41, 5.74) is 7.09. The lowest BCUT2D eigenvalue weighted by molar-refractivity contribution is -0.117. The van der Waals surface area contributed by atoms with Crippen LogP contribution in [0.4, 0.5) is 5.69 Å². The summed E-state index contributed by atoms with van der Waals surface area (Å²) in [5, 5.41) is 5.38. The minimum absolute atomic E-state index is 0.0675. The second-order valence-corrected chi connectivity index (χ2v) is 5.45. The van der Waals surface area contributed by atoms with Crippen molar-refractivity contribution in [2.45, 2.75) is 37.6 Å². The molecule has 0 aromatic heterocycles. The van der Waals surface area contributed by atoms with Crippen molar-refractivity contribution in [1.82, 2.24) is 5.32 Å². The van der Waals surface area contributed by atoms with Gasteiger partial charge in [-0.1, -0.05) is 12.8 Å². The third-order valence-corrected chi connectivity index (χ3v) is 3.77. The predicted molar refractivity (Wildman–Crippen MR) is 78.5 cm³/mol.